The number of carbonyl (C=O) groups is 2. The van der Waals surface area contributed by atoms with Crippen LogP contribution in [-0.2, 0) is 28.5 Å². The molecule has 6 rings (SSSR count). The van der Waals surface area contributed by atoms with Gasteiger partial charge in [-0.1, -0.05) is 27.7 Å². The normalized spacial score (nSPS) is 54.5. The molecule has 2 heterocycles. The van der Waals surface area contributed by atoms with Gasteiger partial charge >= 0.3 is 11.9 Å². The third-order valence-electron chi connectivity index (χ3n) is 12.5. The average Bonchev–Trinajstić information content (AvgIpc) is 3.26. The number of hydrogen-bond acceptors (Lipinski definition) is 6. The SMILES string of the molecule is CC(=O)O[C@@H]1C[C@@H]2CC[C@@H]3[C@H](CC[C@]4(C)[C@@H]5[C@H](C[C@@H]34)O[C@]3(CC[C@H](C)CO3)[C@H]5C)[C@@]2(C)C[C@H]1OC(C)=O. The highest BCUT2D eigenvalue weighted by molar-refractivity contribution is 5.67. The molecule has 6 fully saturated rings. The summed E-state index contributed by atoms with van der Waals surface area (Å²) in [5.41, 5.74) is 0.406. The van der Waals surface area contributed by atoms with E-state index in [4.69, 9.17) is 18.9 Å². The molecule has 2 aliphatic heterocycles. The van der Waals surface area contributed by atoms with Crippen LogP contribution in [0.2, 0.25) is 0 Å². The molecule has 0 N–H and O–H groups in total. The van der Waals surface area contributed by atoms with Crippen molar-refractivity contribution in [3.8, 4) is 0 Å². The Morgan fingerprint density at radius 1 is 0.838 bits per heavy atom. The fourth-order valence-corrected chi connectivity index (χ4v) is 10.9. The second kappa shape index (κ2) is 8.94. The Bertz CT molecular complexity index is 925. The highest BCUT2D eigenvalue weighted by atomic mass is 16.7. The summed E-state index contributed by atoms with van der Waals surface area (Å²) < 4.78 is 24.9. The third-order valence-corrected chi connectivity index (χ3v) is 12.5. The van der Waals surface area contributed by atoms with Gasteiger partial charge in [-0.2, -0.15) is 0 Å². The molecule has 13 atom stereocenters. The molecular weight excluding hydrogens is 468 g/mol. The second-order valence-corrected chi connectivity index (χ2v) is 14.4. The molecule has 4 aliphatic carbocycles. The van der Waals surface area contributed by atoms with Gasteiger partial charge in [0.2, 0.25) is 0 Å². The van der Waals surface area contributed by atoms with E-state index in [0.29, 0.717) is 52.9 Å². The summed E-state index contributed by atoms with van der Waals surface area (Å²) >= 11 is 0. The number of fused-ring (bicyclic) bond motifs is 7. The summed E-state index contributed by atoms with van der Waals surface area (Å²) in [6, 6.07) is 0. The zero-order valence-corrected chi connectivity index (χ0v) is 23.8. The van der Waals surface area contributed by atoms with Crippen molar-refractivity contribution in [2.45, 2.75) is 123 Å². The number of rotatable bonds is 2. The molecule has 0 radical (unpaired) electrons. The monoisotopic (exact) mass is 516 g/mol. The standard InChI is InChI=1S/C31H48O6/c1-17-9-12-31(34-16-17)18(2)28-26(37-31)14-24-22-8-7-21-13-25(35-19(3)32)27(36-20(4)33)15-30(21,6)23(22)10-11-29(24,28)5/h17-18,21-28H,7-16H2,1-6H3/t17-,18-,21-,22+,23-,24-,25+,26-,27+,28-,29-,30-,31+/m0/s1. The van der Waals surface area contributed by atoms with E-state index in [0.717, 1.165) is 32.3 Å². The lowest BCUT2D eigenvalue weighted by atomic mass is 9.44. The summed E-state index contributed by atoms with van der Waals surface area (Å²) in [4.78, 5) is 23.8. The second-order valence-electron chi connectivity index (χ2n) is 14.4. The maximum absolute atomic E-state index is 12.0. The van der Waals surface area contributed by atoms with E-state index in [-0.39, 0.29) is 35.3 Å². The molecule has 0 aromatic heterocycles. The molecule has 208 valence electrons. The van der Waals surface area contributed by atoms with Crippen LogP contribution in [-0.4, -0.2) is 42.6 Å². The molecule has 6 aliphatic rings. The maximum atomic E-state index is 12.0. The number of ether oxygens (including phenoxy) is 4. The number of carbonyl (C=O) groups excluding carboxylic acids is 2. The van der Waals surface area contributed by atoms with E-state index in [2.05, 4.69) is 27.7 Å². The highest BCUT2D eigenvalue weighted by Gasteiger charge is 2.69. The van der Waals surface area contributed by atoms with Crippen LogP contribution in [0.5, 0.6) is 0 Å². The van der Waals surface area contributed by atoms with Crippen LogP contribution in [0, 0.1) is 52.3 Å². The molecule has 6 heteroatoms. The minimum atomic E-state index is -0.358. The molecule has 37 heavy (non-hydrogen) atoms. The molecule has 4 saturated carbocycles. The van der Waals surface area contributed by atoms with Crippen molar-refractivity contribution in [2.75, 3.05) is 6.61 Å². The Kier molecular flexibility index (Phi) is 6.31. The maximum Gasteiger partial charge on any atom is 0.303 e. The molecule has 0 bridgehead atoms. The molecule has 1 spiro atoms. The van der Waals surface area contributed by atoms with Crippen molar-refractivity contribution >= 4 is 11.9 Å². The molecule has 0 aromatic carbocycles. The van der Waals surface area contributed by atoms with Crippen molar-refractivity contribution in [3.63, 3.8) is 0 Å². The first-order valence-corrected chi connectivity index (χ1v) is 15.1. The van der Waals surface area contributed by atoms with Crippen LogP contribution in [0.15, 0.2) is 0 Å². The fraction of sp³-hybridized carbons (Fsp3) is 0.935. The topological polar surface area (TPSA) is 71.1 Å². The van der Waals surface area contributed by atoms with Crippen LogP contribution < -0.4 is 0 Å². The zero-order valence-electron chi connectivity index (χ0n) is 23.8. The van der Waals surface area contributed by atoms with E-state index in [1.165, 1.54) is 46.0 Å². The van der Waals surface area contributed by atoms with E-state index < -0.39 is 0 Å². The predicted octanol–water partition coefficient (Wildman–Crippen LogP) is 5.91. The lowest BCUT2D eigenvalue weighted by Gasteiger charge is -2.62. The molecular formula is C31H48O6. The Hall–Kier alpha value is -1.14. The first-order valence-electron chi connectivity index (χ1n) is 15.1. The van der Waals surface area contributed by atoms with Gasteiger partial charge in [-0.15, -0.1) is 0 Å². The Morgan fingerprint density at radius 3 is 2.24 bits per heavy atom. The van der Waals surface area contributed by atoms with Crippen LogP contribution in [0.1, 0.15) is 99.3 Å². The highest BCUT2D eigenvalue weighted by Crippen LogP contribution is 2.71. The Labute approximate surface area is 222 Å². The van der Waals surface area contributed by atoms with Crippen LogP contribution in [0.4, 0.5) is 0 Å². The predicted molar refractivity (Wildman–Crippen MR) is 138 cm³/mol. The van der Waals surface area contributed by atoms with Crippen LogP contribution >= 0.6 is 0 Å². The van der Waals surface area contributed by atoms with Gasteiger partial charge in [0, 0.05) is 26.2 Å². The van der Waals surface area contributed by atoms with Gasteiger partial charge in [0.05, 0.1) is 12.7 Å². The first-order chi connectivity index (χ1) is 17.5. The fourth-order valence-electron chi connectivity index (χ4n) is 10.9. The summed E-state index contributed by atoms with van der Waals surface area (Å²) in [7, 11) is 0. The van der Waals surface area contributed by atoms with E-state index >= 15 is 0 Å². The summed E-state index contributed by atoms with van der Waals surface area (Å²) in [6.45, 7) is 13.5. The quantitative estimate of drug-likeness (QED) is 0.425. The largest absolute Gasteiger partial charge is 0.459 e. The van der Waals surface area contributed by atoms with Crippen LogP contribution in [0.3, 0.4) is 0 Å². The van der Waals surface area contributed by atoms with E-state index in [9.17, 15) is 9.59 Å². The molecule has 0 amide bonds. The smallest absolute Gasteiger partial charge is 0.303 e. The summed E-state index contributed by atoms with van der Waals surface area (Å²) in [5, 5.41) is 0. The van der Waals surface area contributed by atoms with Crippen molar-refractivity contribution in [1.82, 2.24) is 0 Å². The minimum absolute atomic E-state index is 0.106. The van der Waals surface area contributed by atoms with Gasteiger partial charge in [-0.05, 0) is 97.7 Å². The van der Waals surface area contributed by atoms with E-state index in [1.807, 2.05) is 0 Å². The zero-order chi connectivity index (χ0) is 26.3. The lowest BCUT2D eigenvalue weighted by molar-refractivity contribution is -0.273. The van der Waals surface area contributed by atoms with Gasteiger partial charge in [0.15, 0.2) is 5.79 Å². The first kappa shape index (κ1) is 26.1. The third kappa shape index (κ3) is 3.93. The van der Waals surface area contributed by atoms with Gasteiger partial charge in [-0.3, -0.25) is 9.59 Å². The van der Waals surface area contributed by atoms with Crippen molar-refractivity contribution in [3.05, 3.63) is 0 Å². The minimum Gasteiger partial charge on any atom is -0.459 e. The Balaban J connectivity index is 1.23. The molecule has 0 aromatic rings. The molecule has 0 unspecified atom stereocenters. The van der Waals surface area contributed by atoms with Gasteiger partial charge in [0.25, 0.3) is 0 Å². The van der Waals surface area contributed by atoms with Crippen molar-refractivity contribution < 1.29 is 28.5 Å². The molecule has 6 nitrogen and oxygen atoms in total. The van der Waals surface area contributed by atoms with E-state index in [1.54, 1.807) is 0 Å². The van der Waals surface area contributed by atoms with Gasteiger partial charge < -0.3 is 18.9 Å². The summed E-state index contributed by atoms with van der Waals surface area (Å²) in [5.74, 6) is 3.21. The number of hydrogen-bond donors (Lipinski definition) is 0. The average molecular weight is 517 g/mol. The van der Waals surface area contributed by atoms with Gasteiger partial charge in [0.1, 0.15) is 12.2 Å². The number of esters is 2. The summed E-state index contributed by atoms with van der Waals surface area (Å²) in [6.07, 6.45) is 9.57. The van der Waals surface area contributed by atoms with Crippen molar-refractivity contribution in [2.24, 2.45) is 52.3 Å². The molecule has 2 saturated heterocycles. The van der Waals surface area contributed by atoms with Gasteiger partial charge in [-0.25, -0.2) is 0 Å². The Morgan fingerprint density at radius 2 is 1.57 bits per heavy atom. The van der Waals surface area contributed by atoms with Crippen molar-refractivity contribution in [1.29, 1.82) is 0 Å². The van der Waals surface area contributed by atoms with Crippen LogP contribution in [0.25, 0.3) is 0 Å². The lowest BCUT2D eigenvalue weighted by Crippen LogP contribution is -2.58.